The number of carbonyl (C=O) groups excluding carboxylic acids is 3. The topological polar surface area (TPSA) is 96.4 Å². The molecular formula is C30H38N2O6. The second kappa shape index (κ2) is 10.3. The number of aliphatic hydroxyl groups excluding tert-OH is 1. The number of cyclic esters (lactones) is 1. The van der Waals surface area contributed by atoms with Gasteiger partial charge in [0.05, 0.1) is 18.1 Å². The Hall–Kier alpha value is -2.97. The molecule has 1 aromatic carbocycles. The maximum absolute atomic E-state index is 14.5. The zero-order valence-electron chi connectivity index (χ0n) is 22.5. The number of ether oxygens (including phenoxy) is 2. The third-order valence-electron chi connectivity index (χ3n) is 8.52. The van der Waals surface area contributed by atoms with E-state index in [9.17, 15) is 19.5 Å². The molecule has 8 heteroatoms. The summed E-state index contributed by atoms with van der Waals surface area (Å²) >= 11 is 0. The molecule has 1 spiro atoms. The number of aliphatic hydroxyl groups is 1. The van der Waals surface area contributed by atoms with Crippen molar-refractivity contribution in [3.8, 4) is 0 Å². The van der Waals surface area contributed by atoms with Crippen LogP contribution in [0, 0.1) is 25.7 Å². The number of aryl methyl sites for hydroxylation is 2. The van der Waals surface area contributed by atoms with E-state index in [1.165, 1.54) is 0 Å². The van der Waals surface area contributed by atoms with Crippen molar-refractivity contribution >= 4 is 23.5 Å². The van der Waals surface area contributed by atoms with Crippen LogP contribution in [0.15, 0.2) is 42.5 Å². The van der Waals surface area contributed by atoms with E-state index in [0.29, 0.717) is 32.5 Å². The molecule has 0 aliphatic carbocycles. The van der Waals surface area contributed by atoms with Crippen molar-refractivity contribution in [2.75, 3.05) is 31.2 Å². The zero-order chi connectivity index (χ0) is 27.1. The van der Waals surface area contributed by atoms with Gasteiger partial charge in [0.25, 0.3) is 5.91 Å². The Morgan fingerprint density at radius 1 is 1.00 bits per heavy atom. The Morgan fingerprint density at radius 2 is 1.76 bits per heavy atom. The molecule has 5 atom stereocenters. The first-order valence-electron chi connectivity index (χ1n) is 13.8. The van der Waals surface area contributed by atoms with Crippen LogP contribution in [0.5, 0.6) is 0 Å². The first-order valence-corrected chi connectivity index (χ1v) is 13.8. The maximum Gasteiger partial charge on any atom is 0.313 e. The van der Waals surface area contributed by atoms with Crippen molar-refractivity contribution in [1.29, 1.82) is 0 Å². The van der Waals surface area contributed by atoms with Crippen molar-refractivity contribution in [3.05, 3.63) is 53.6 Å². The number of anilines is 1. The van der Waals surface area contributed by atoms with Crippen LogP contribution in [0.1, 0.15) is 50.2 Å². The molecule has 38 heavy (non-hydrogen) atoms. The molecule has 0 radical (unpaired) electrons. The zero-order valence-corrected chi connectivity index (χ0v) is 22.5. The van der Waals surface area contributed by atoms with E-state index in [-0.39, 0.29) is 18.4 Å². The van der Waals surface area contributed by atoms with Crippen LogP contribution < -0.4 is 4.90 Å². The molecule has 1 aromatic rings. The summed E-state index contributed by atoms with van der Waals surface area (Å²) in [5, 5.41) is 9.39. The molecular weight excluding hydrogens is 484 g/mol. The number of hydrogen-bond acceptors (Lipinski definition) is 6. The molecule has 0 saturated carbocycles. The van der Waals surface area contributed by atoms with Gasteiger partial charge in [-0.2, -0.15) is 0 Å². The SMILES string of the molecule is Cc1cccc(C)c1N1CC=C[C@]23O[C@]4(C)/C=C\CCCCOC(=O)[C@@H]4[C@H]2C(=O)N(CCCCO)C3C1=O. The number of allylic oxidation sites excluding steroid dienone is 1. The molecule has 4 aliphatic rings. The summed E-state index contributed by atoms with van der Waals surface area (Å²) in [6.07, 6.45) is 11.2. The van der Waals surface area contributed by atoms with E-state index in [0.717, 1.165) is 36.1 Å². The molecule has 204 valence electrons. The first-order chi connectivity index (χ1) is 18.2. The number of esters is 1. The van der Waals surface area contributed by atoms with E-state index >= 15 is 0 Å². The van der Waals surface area contributed by atoms with Crippen LogP contribution in [-0.2, 0) is 23.9 Å². The molecule has 1 unspecified atom stereocenters. The normalized spacial score (nSPS) is 33.9. The van der Waals surface area contributed by atoms with E-state index in [2.05, 4.69) is 0 Å². The van der Waals surface area contributed by atoms with Crippen LogP contribution in [0.4, 0.5) is 5.69 Å². The van der Waals surface area contributed by atoms with Gasteiger partial charge >= 0.3 is 5.97 Å². The van der Waals surface area contributed by atoms with Gasteiger partial charge in [0, 0.05) is 25.4 Å². The number of carbonyl (C=O) groups is 3. The van der Waals surface area contributed by atoms with Crippen LogP contribution >= 0.6 is 0 Å². The minimum absolute atomic E-state index is 0.00202. The summed E-state index contributed by atoms with van der Waals surface area (Å²) in [6, 6.07) is 4.98. The van der Waals surface area contributed by atoms with E-state index in [1.54, 1.807) is 9.80 Å². The van der Waals surface area contributed by atoms with Crippen LogP contribution in [0.3, 0.4) is 0 Å². The summed E-state index contributed by atoms with van der Waals surface area (Å²) in [5.74, 6) is -2.72. The smallest absolute Gasteiger partial charge is 0.313 e. The Bertz CT molecular complexity index is 1160. The Morgan fingerprint density at radius 3 is 2.50 bits per heavy atom. The maximum atomic E-state index is 14.5. The van der Waals surface area contributed by atoms with Gasteiger partial charge in [-0.05, 0) is 64.0 Å². The molecule has 2 fully saturated rings. The van der Waals surface area contributed by atoms with Crippen molar-refractivity contribution in [3.63, 3.8) is 0 Å². The number of fused-ring (bicyclic) bond motifs is 2. The van der Waals surface area contributed by atoms with Crippen LogP contribution in [0.25, 0.3) is 0 Å². The second-order valence-electron chi connectivity index (χ2n) is 11.1. The number of benzene rings is 1. The molecule has 4 aliphatic heterocycles. The Labute approximate surface area is 224 Å². The fraction of sp³-hybridized carbons (Fsp3) is 0.567. The van der Waals surface area contributed by atoms with E-state index in [4.69, 9.17) is 9.47 Å². The lowest BCUT2D eigenvalue weighted by atomic mass is 9.74. The largest absolute Gasteiger partial charge is 0.465 e. The van der Waals surface area contributed by atoms with Gasteiger partial charge in [0.15, 0.2) is 0 Å². The number of hydrogen-bond donors (Lipinski definition) is 1. The van der Waals surface area contributed by atoms with Gasteiger partial charge in [-0.3, -0.25) is 14.4 Å². The number of amides is 2. The van der Waals surface area contributed by atoms with E-state index < -0.39 is 35.0 Å². The number of nitrogens with zero attached hydrogens (tertiary/aromatic N) is 2. The molecule has 1 N–H and O–H groups in total. The van der Waals surface area contributed by atoms with Gasteiger partial charge in [-0.15, -0.1) is 0 Å². The third-order valence-corrected chi connectivity index (χ3v) is 8.52. The monoisotopic (exact) mass is 522 g/mol. The quantitative estimate of drug-likeness (QED) is 0.362. The molecule has 8 nitrogen and oxygen atoms in total. The molecule has 0 bridgehead atoms. The standard InChI is InChI=1S/C30H38N2O6/c1-20-12-10-13-21(2)24(20)31-17-11-15-30-22(26(34)32(16-7-8-18-33)25(30)27(31)35)23-28(36)37-19-9-5-4-6-14-29(23,3)38-30/h6,10-15,22-23,25,33H,4-5,7-9,16-19H2,1-3H3/b14-6-/t22-,23-,25?,29+,30-/m0/s1. The average molecular weight is 523 g/mol. The van der Waals surface area contributed by atoms with Crippen molar-refractivity contribution in [2.24, 2.45) is 11.8 Å². The van der Waals surface area contributed by atoms with Gasteiger partial charge in [0.2, 0.25) is 5.91 Å². The molecule has 5 rings (SSSR count). The predicted molar refractivity (Wildman–Crippen MR) is 142 cm³/mol. The summed E-state index contributed by atoms with van der Waals surface area (Å²) in [5.41, 5.74) is 0.358. The minimum atomic E-state index is -1.31. The highest BCUT2D eigenvalue weighted by Crippen LogP contribution is 2.57. The Balaban J connectivity index is 1.64. The number of para-hydroxylation sites is 1. The highest BCUT2D eigenvalue weighted by Gasteiger charge is 2.74. The Kier molecular flexibility index (Phi) is 7.22. The van der Waals surface area contributed by atoms with Gasteiger partial charge < -0.3 is 24.4 Å². The van der Waals surface area contributed by atoms with Crippen LogP contribution in [-0.4, -0.2) is 71.3 Å². The fourth-order valence-electron chi connectivity index (χ4n) is 6.86. The average Bonchev–Trinajstić information content (AvgIpc) is 3.20. The summed E-state index contributed by atoms with van der Waals surface area (Å²) in [4.78, 5) is 45.6. The predicted octanol–water partition coefficient (Wildman–Crippen LogP) is 3.23. The molecule has 4 heterocycles. The molecule has 2 amide bonds. The first kappa shape index (κ1) is 26.6. The lowest BCUT2D eigenvalue weighted by Gasteiger charge is -2.38. The van der Waals surface area contributed by atoms with Gasteiger partial charge in [-0.1, -0.05) is 42.5 Å². The second-order valence-corrected chi connectivity index (χ2v) is 11.1. The van der Waals surface area contributed by atoms with Gasteiger partial charge in [0.1, 0.15) is 17.6 Å². The highest BCUT2D eigenvalue weighted by atomic mass is 16.6. The fourth-order valence-corrected chi connectivity index (χ4v) is 6.86. The van der Waals surface area contributed by atoms with Crippen molar-refractivity contribution in [1.82, 2.24) is 4.90 Å². The van der Waals surface area contributed by atoms with Crippen molar-refractivity contribution < 1.29 is 29.0 Å². The highest BCUT2D eigenvalue weighted by molar-refractivity contribution is 6.06. The summed E-state index contributed by atoms with van der Waals surface area (Å²) in [7, 11) is 0. The minimum Gasteiger partial charge on any atom is -0.465 e. The number of likely N-dealkylation sites (tertiary alicyclic amines) is 1. The molecule has 2 saturated heterocycles. The number of unbranched alkanes of at least 4 members (excludes halogenated alkanes) is 1. The summed E-state index contributed by atoms with van der Waals surface area (Å²) < 4.78 is 12.5. The lowest BCUT2D eigenvalue weighted by molar-refractivity contribution is -0.158. The van der Waals surface area contributed by atoms with Gasteiger partial charge in [-0.25, -0.2) is 0 Å². The third kappa shape index (κ3) is 4.18. The lowest BCUT2D eigenvalue weighted by Crippen LogP contribution is -2.56. The van der Waals surface area contributed by atoms with Crippen molar-refractivity contribution in [2.45, 2.75) is 70.1 Å². The summed E-state index contributed by atoms with van der Waals surface area (Å²) in [6.45, 7) is 6.70. The molecule has 0 aromatic heterocycles. The number of rotatable bonds is 5. The van der Waals surface area contributed by atoms with E-state index in [1.807, 2.05) is 63.3 Å². The van der Waals surface area contributed by atoms with Crippen LogP contribution in [0.2, 0.25) is 0 Å².